The number of nitrogens with zero attached hydrogens (tertiary/aromatic N) is 1. The van der Waals surface area contributed by atoms with Crippen LogP contribution in [-0.2, 0) is 6.54 Å². The highest BCUT2D eigenvalue weighted by molar-refractivity contribution is 6.32. The van der Waals surface area contributed by atoms with Crippen LogP contribution in [0.4, 0.5) is 10.1 Å². The predicted molar refractivity (Wildman–Crippen MR) is 109 cm³/mol. The Bertz CT molecular complexity index is 973. The van der Waals surface area contributed by atoms with Crippen LogP contribution in [0, 0.1) is 5.82 Å². The maximum atomic E-state index is 15.1. The third kappa shape index (κ3) is 4.40. The van der Waals surface area contributed by atoms with Crippen molar-refractivity contribution in [2.45, 2.75) is 13.5 Å². The minimum atomic E-state index is -0.649. The zero-order valence-corrected chi connectivity index (χ0v) is 16.5. The third-order valence-electron chi connectivity index (χ3n) is 4.10. The van der Waals surface area contributed by atoms with Crippen LogP contribution in [0.2, 0.25) is 10.0 Å². The summed E-state index contributed by atoms with van der Waals surface area (Å²) in [4.78, 5) is 16.9. The normalized spacial score (nSPS) is 10.7. The van der Waals surface area contributed by atoms with Crippen LogP contribution in [-0.4, -0.2) is 22.3 Å². The van der Waals surface area contributed by atoms with Crippen molar-refractivity contribution in [3.8, 4) is 11.5 Å². The van der Waals surface area contributed by atoms with Crippen molar-refractivity contribution in [1.29, 1.82) is 0 Å². The van der Waals surface area contributed by atoms with Crippen LogP contribution in [0.1, 0.15) is 23.0 Å². The fourth-order valence-corrected chi connectivity index (χ4v) is 3.13. The molecule has 1 aromatic heterocycles. The van der Waals surface area contributed by atoms with Crippen molar-refractivity contribution in [2.75, 3.05) is 12.3 Å². The molecule has 0 unspecified atom stereocenters. The number of halogens is 3. The number of rotatable bonds is 6. The fraction of sp³-hybridized carbons (Fsp3) is 0.150. The van der Waals surface area contributed by atoms with E-state index in [1.165, 1.54) is 29.2 Å². The first kappa shape index (κ1) is 20.0. The van der Waals surface area contributed by atoms with Gasteiger partial charge in [-0.25, -0.2) is 4.39 Å². The predicted octanol–water partition coefficient (Wildman–Crippen LogP) is 5.50. The number of nitrogens with one attached hydrogen (secondary N) is 1. The Morgan fingerprint density at radius 3 is 2.68 bits per heavy atom. The number of nitrogens with two attached hydrogens (primary N) is 1. The van der Waals surface area contributed by atoms with E-state index in [1.54, 1.807) is 24.4 Å². The van der Waals surface area contributed by atoms with Gasteiger partial charge in [-0.1, -0.05) is 29.3 Å². The number of anilines is 1. The molecule has 0 bridgehead atoms. The molecule has 0 aliphatic heterocycles. The zero-order chi connectivity index (χ0) is 20.3. The quantitative estimate of drug-likeness (QED) is 0.516. The molecule has 0 radical (unpaired) electrons. The molecule has 0 aliphatic rings. The molecule has 3 rings (SSSR count). The van der Waals surface area contributed by atoms with Gasteiger partial charge in [-0.3, -0.25) is 4.79 Å². The van der Waals surface area contributed by atoms with Crippen LogP contribution in [0.3, 0.4) is 0 Å². The van der Waals surface area contributed by atoms with E-state index in [0.29, 0.717) is 22.9 Å². The van der Waals surface area contributed by atoms with E-state index < -0.39 is 5.82 Å². The fourth-order valence-electron chi connectivity index (χ4n) is 2.72. The summed E-state index contributed by atoms with van der Waals surface area (Å²) in [6.07, 6.45) is 1.66. The second-order valence-electron chi connectivity index (χ2n) is 6.08. The number of hydrogen-bond acceptors (Lipinski definition) is 3. The highest BCUT2D eigenvalue weighted by Gasteiger charge is 2.20. The van der Waals surface area contributed by atoms with Crippen molar-refractivity contribution in [3.05, 3.63) is 75.8 Å². The minimum Gasteiger partial charge on any atom is -0.453 e. The lowest BCUT2D eigenvalue weighted by Gasteiger charge is -2.21. The Hall–Kier alpha value is -2.70. The molecule has 0 spiro atoms. The Morgan fingerprint density at radius 2 is 2.04 bits per heavy atom. The van der Waals surface area contributed by atoms with Gasteiger partial charge in [0.15, 0.2) is 11.6 Å². The number of carbonyl (C=O) groups is 1. The zero-order valence-electron chi connectivity index (χ0n) is 15.0. The van der Waals surface area contributed by atoms with Crippen molar-refractivity contribution >= 4 is 34.8 Å². The van der Waals surface area contributed by atoms with Gasteiger partial charge in [0, 0.05) is 41.6 Å². The molecule has 146 valence electrons. The monoisotopic (exact) mass is 421 g/mol. The van der Waals surface area contributed by atoms with Crippen molar-refractivity contribution in [3.63, 3.8) is 0 Å². The van der Waals surface area contributed by atoms with E-state index in [-0.39, 0.29) is 34.5 Å². The largest absolute Gasteiger partial charge is 0.453 e. The minimum absolute atomic E-state index is 0.0609. The number of nitrogen functional groups attached to an aromatic ring is 1. The Morgan fingerprint density at radius 1 is 1.25 bits per heavy atom. The van der Waals surface area contributed by atoms with Gasteiger partial charge in [-0.2, -0.15) is 0 Å². The van der Waals surface area contributed by atoms with E-state index in [1.807, 2.05) is 6.92 Å². The number of aromatic amines is 1. The summed E-state index contributed by atoms with van der Waals surface area (Å²) in [6.45, 7) is 2.28. The lowest BCUT2D eigenvalue weighted by Crippen LogP contribution is -2.31. The Kier molecular flexibility index (Phi) is 6.11. The van der Waals surface area contributed by atoms with Crippen molar-refractivity contribution < 1.29 is 13.9 Å². The van der Waals surface area contributed by atoms with Gasteiger partial charge in [0.2, 0.25) is 0 Å². The molecule has 1 amide bonds. The Labute approximate surface area is 171 Å². The van der Waals surface area contributed by atoms with Crippen LogP contribution in [0.5, 0.6) is 11.5 Å². The number of ether oxygens (including phenoxy) is 1. The van der Waals surface area contributed by atoms with Gasteiger partial charge < -0.3 is 20.4 Å². The van der Waals surface area contributed by atoms with Gasteiger partial charge in [0.1, 0.15) is 11.4 Å². The first-order chi connectivity index (χ1) is 13.4. The molecule has 0 saturated carbocycles. The number of carbonyl (C=O) groups excluding carboxylic acids is 1. The maximum Gasteiger partial charge on any atom is 0.270 e. The topological polar surface area (TPSA) is 71.3 Å². The Balaban J connectivity index is 1.88. The molecule has 3 aromatic rings. The van der Waals surface area contributed by atoms with E-state index in [2.05, 4.69) is 4.98 Å². The van der Waals surface area contributed by atoms with E-state index in [9.17, 15) is 4.79 Å². The molecule has 8 heteroatoms. The second kappa shape index (κ2) is 8.54. The summed E-state index contributed by atoms with van der Waals surface area (Å²) in [5.74, 6) is -0.766. The van der Waals surface area contributed by atoms with Gasteiger partial charge in [-0.05, 0) is 37.3 Å². The molecule has 0 saturated heterocycles. The van der Waals surface area contributed by atoms with Gasteiger partial charge >= 0.3 is 0 Å². The average molecular weight is 422 g/mol. The van der Waals surface area contributed by atoms with Gasteiger partial charge in [0.25, 0.3) is 5.91 Å². The summed E-state index contributed by atoms with van der Waals surface area (Å²) < 4.78 is 20.7. The van der Waals surface area contributed by atoms with E-state index in [0.717, 1.165) is 0 Å². The van der Waals surface area contributed by atoms with Crippen molar-refractivity contribution in [2.24, 2.45) is 0 Å². The van der Waals surface area contributed by atoms with E-state index in [4.69, 9.17) is 33.7 Å². The summed E-state index contributed by atoms with van der Waals surface area (Å²) in [6, 6.07) is 11.0. The van der Waals surface area contributed by atoms with E-state index >= 15 is 4.39 Å². The smallest absolute Gasteiger partial charge is 0.270 e. The third-order valence-corrected chi connectivity index (χ3v) is 4.62. The number of amides is 1. The lowest BCUT2D eigenvalue weighted by atomic mass is 10.1. The molecular weight excluding hydrogens is 404 g/mol. The lowest BCUT2D eigenvalue weighted by molar-refractivity contribution is 0.0745. The van der Waals surface area contributed by atoms with Crippen LogP contribution < -0.4 is 10.5 Å². The molecule has 2 aromatic carbocycles. The van der Waals surface area contributed by atoms with Crippen LogP contribution >= 0.6 is 23.2 Å². The highest BCUT2D eigenvalue weighted by atomic mass is 35.5. The van der Waals surface area contributed by atoms with Crippen LogP contribution in [0.25, 0.3) is 0 Å². The maximum absolute atomic E-state index is 15.1. The van der Waals surface area contributed by atoms with Crippen molar-refractivity contribution in [1.82, 2.24) is 9.88 Å². The molecule has 28 heavy (non-hydrogen) atoms. The molecule has 1 heterocycles. The molecule has 5 nitrogen and oxygen atoms in total. The first-order valence-electron chi connectivity index (χ1n) is 8.52. The number of H-pyrrole nitrogens is 1. The summed E-state index contributed by atoms with van der Waals surface area (Å²) in [5, 5.41) is 0.454. The van der Waals surface area contributed by atoms with Crippen LogP contribution in [0.15, 0.2) is 48.7 Å². The standard InChI is InChI=1S/C20H18Cl2FN3O2/c1-2-26(20(27)17-4-3-7-25-17)11-12-5-6-16(22)19(18(12)23)28-15-9-13(21)8-14(24)10-15/h3-10,25H,2,11,24H2,1H3. The summed E-state index contributed by atoms with van der Waals surface area (Å²) in [5.41, 5.74) is 6.83. The summed E-state index contributed by atoms with van der Waals surface area (Å²) >= 11 is 12.1. The SMILES string of the molecule is CCN(Cc1ccc(Cl)c(Oc2cc(N)cc(Cl)c2)c1F)C(=O)c1ccc[nH]1. The number of aromatic nitrogens is 1. The number of hydrogen-bond donors (Lipinski definition) is 2. The molecule has 0 fully saturated rings. The van der Waals surface area contributed by atoms with Gasteiger partial charge in [0.05, 0.1) is 5.02 Å². The molecule has 0 atom stereocenters. The molecular formula is C20H18Cl2FN3O2. The average Bonchev–Trinajstić information content (AvgIpc) is 3.18. The second-order valence-corrected chi connectivity index (χ2v) is 6.92. The first-order valence-corrected chi connectivity index (χ1v) is 9.28. The van der Waals surface area contributed by atoms with Gasteiger partial charge in [-0.15, -0.1) is 0 Å². The molecule has 0 aliphatic carbocycles. The highest BCUT2D eigenvalue weighted by Crippen LogP contribution is 2.36. The molecule has 3 N–H and O–H groups in total. The number of benzene rings is 2. The summed E-state index contributed by atoms with van der Waals surface area (Å²) in [7, 11) is 0.